The maximum absolute atomic E-state index is 13.9. The highest BCUT2D eigenvalue weighted by Crippen LogP contribution is 2.47. The van der Waals surface area contributed by atoms with E-state index in [4.69, 9.17) is 23.2 Å². The maximum atomic E-state index is 13.9. The lowest BCUT2D eigenvalue weighted by atomic mass is 9.77. The average Bonchev–Trinajstić information content (AvgIpc) is 2.90. The van der Waals surface area contributed by atoms with Crippen molar-refractivity contribution >= 4 is 35.0 Å². The van der Waals surface area contributed by atoms with Crippen molar-refractivity contribution in [3.05, 3.63) is 105 Å². The summed E-state index contributed by atoms with van der Waals surface area (Å²) in [5.74, 6) is -0.758. The fourth-order valence-corrected chi connectivity index (χ4v) is 6.00. The molecule has 1 fully saturated rings. The normalized spacial score (nSPS) is 20.2. The highest BCUT2D eigenvalue weighted by atomic mass is 35.5. The van der Waals surface area contributed by atoms with Crippen LogP contribution in [0.25, 0.3) is 0 Å². The molecule has 2 aliphatic heterocycles. The average molecular weight is 522 g/mol. The van der Waals surface area contributed by atoms with E-state index < -0.39 is 12.0 Å². The summed E-state index contributed by atoms with van der Waals surface area (Å²) in [7, 11) is 0. The van der Waals surface area contributed by atoms with Gasteiger partial charge in [-0.1, -0.05) is 77.8 Å². The molecule has 0 spiro atoms. The van der Waals surface area contributed by atoms with Crippen molar-refractivity contribution in [1.29, 1.82) is 0 Å². The molecule has 2 aliphatic rings. The first-order valence-electron chi connectivity index (χ1n) is 12.4. The predicted octanol–water partition coefficient (Wildman–Crippen LogP) is 5.39. The van der Waals surface area contributed by atoms with Crippen LogP contribution in [0.15, 0.2) is 72.8 Å². The second-order valence-electron chi connectivity index (χ2n) is 9.40. The third kappa shape index (κ3) is 5.01. The number of rotatable bonds is 6. The first-order valence-corrected chi connectivity index (χ1v) is 13.2. The summed E-state index contributed by atoms with van der Waals surface area (Å²) >= 11 is 13.0. The topological polar surface area (TPSA) is 61.4 Å². The Hall–Kier alpha value is -2.86. The van der Waals surface area contributed by atoms with Crippen LogP contribution in [0, 0.1) is 0 Å². The van der Waals surface area contributed by atoms with E-state index in [1.807, 2.05) is 53.4 Å². The summed E-state index contributed by atoms with van der Waals surface area (Å²) in [5, 5.41) is 7.51. The molecule has 5 nitrogen and oxygen atoms in total. The van der Waals surface area contributed by atoms with Crippen molar-refractivity contribution in [2.45, 2.75) is 37.3 Å². The third-order valence-corrected chi connectivity index (χ3v) is 7.76. The number of hydrogen-bond donors (Lipinski definition) is 2. The van der Waals surface area contributed by atoms with E-state index in [-0.39, 0.29) is 17.9 Å². The van der Waals surface area contributed by atoms with E-state index in [1.165, 1.54) is 0 Å². The van der Waals surface area contributed by atoms with Gasteiger partial charge in [0.25, 0.3) is 5.91 Å². The molecule has 2 heterocycles. The van der Waals surface area contributed by atoms with E-state index in [0.29, 0.717) is 22.2 Å². The van der Waals surface area contributed by atoms with Gasteiger partial charge in [-0.2, -0.15) is 0 Å². The van der Waals surface area contributed by atoms with Crippen LogP contribution in [0.2, 0.25) is 10.0 Å². The van der Waals surface area contributed by atoms with Gasteiger partial charge in [0.05, 0.1) is 12.0 Å². The van der Waals surface area contributed by atoms with Crippen molar-refractivity contribution in [2.24, 2.45) is 0 Å². The van der Waals surface area contributed by atoms with Gasteiger partial charge in [0, 0.05) is 28.2 Å². The molecule has 7 heteroatoms. The van der Waals surface area contributed by atoms with E-state index in [2.05, 4.69) is 22.8 Å². The van der Waals surface area contributed by atoms with Gasteiger partial charge in [0.2, 0.25) is 5.91 Å². The summed E-state index contributed by atoms with van der Waals surface area (Å²) < 4.78 is 0. The van der Waals surface area contributed by atoms with Crippen LogP contribution in [0.3, 0.4) is 0 Å². The lowest BCUT2D eigenvalue weighted by molar-refractivity contribution is -0.124. The van der Waals surface area contributed by atoms with Crippen LogP contribution >= 0.6 is 23.2 Å². The molecule has 0 unspecified atom stereocenters. The molecule has 3 aromatic rings. The number of halogens is 2. The number of amides is 2. The van der Waals surface area contributed by atoms with Gasteiger partial charge in [-0.3, -0.25) is 9.59 Å². The molecule has 2 atom stereocenters. The third-order valence-electron chi connectivity index (χ3n) is 7.20. The quantitative estimate of drug-likeness (QED) is 0.457. The second-order valence-corrected chi connectivity index (χ2v) is 10.2. The van der Waals surface area contributed by atoms with Gasteiger partial charge in [0.15, 0.2) is 0 Å². The van der Waals surface area contributed by atoms with Gasteiger partial charge in [-0.05, 0) is 67.2 Å². The van der Waals surface area contributed by atoms with Gasteiger partial charge >= 0.3 is 0 Å². The first-order chi connectivity index (χ1) is 17.5. The molecule has 1 saturated heterocycles. The Labute approximate surface area is 221 Å². The minimum Gasteiger partial charge on any atom is -0.355 e. The summed E-state index contributed by atoms with van der Waals surface area (Å²) in [6.07, 6.45) is 2.36. The Morgan fingerprint density at radius 3 is 2.42 bits per heavy atom. The van der Waals surface area contributed by atoms with Crippen LogP contribution in [-0.2, 0) is 11.2 Å². The number of fused-ring (bicyclic) bond motifs is 1. The molecule has 36 heavy (non-hydrogen) atoms. The number of carbonyl (C=O) groups is 2. The number of carbonyl (C=O) groups excluding carboxylic acids is 2. The van der Waals surface area contributed by atoms with E-state index in [0.717, 1.165) is 49.0 Å². The van der Waals surface area contributed by atoms with E-state index in [9.17, 15) is 9.59 Å². The molecule has 2 N–H and O–H groups in total. The Balaban J connectivity index is 1.55. The Morgan fingerprint density at radius 1 is 0.944 bits per heavy atom. The summed E-state index contributed by atoms with van der Waals surface area (Å²) in [5.41, 5.74) is 3.22. The van der Waals surface area contributed by atoms with Gasteiger partial charge in [0.1, 0.15) is 0 Å². The zero-order chi connectivity index (χ0) is 25.1. The fraction of sp³-hybridized carbons (Fsp3) is 0.310. The second kappa shape index (κ2) is 11.0. The van der Waals surface area contributed by atoms with Gasteiger partial charge in [-0.25, -0.2) is 0 Å². The Bertz CT molecular complexity index is 1240. The van der Waals surface area contributed by atoms with Crippen LogP contribution in [0.4, 0.5) is 0 Å². The molecule has 0 radical (unpaired) electrons. The Morgan fingerprint density at radius 2 is 1.67 bits per heavy atom. The van der Waals surface area contributed by atoms with Crippen molar-refractivity contribution in [3.8, 4) is 0 Å². The molecular formula is C29H29Cl2N3O2. The summed E-state index contributed by atoms with van der Waals surface area (Å²) in [6, 6.07) is 22.3. The molecule has 0 aliphatic carbocycles. The van der Waals surface area contributed by atoms with Crippen LogP contribution < -0.4 is 10.6 Å². The maximum Gasteiger partial charge on any atom is 0.254 e. The van der Waals surface area contributed by atoms with Crippen LogP contribution in [0.1, 0.15) is 51.8 Å². The number of piperidine rings is 1. The van der Waals surface area contributed by atoms with E-state index >= 15 is 0 Å². The largest absolute Gasteiger partial charge is 0.355 e. The molecule has 0 saturated carbocycles. The zero-order valence-corrected chi connectivity index (χ0v) is 21.4. The van der Waals surface area contributed by atoms with Crippen molar-refractivity contribution < 1.29 is 9.59 Å². The van der Waals surface area contributed by atoms with Crippen molar-refractivity contribution in [2.75, 3.05) is 19.6 Å². The molecule has 5 rings (SSSR count). The molecular weight excluding hydrogens is 493 g/mol. The monoisotopic (exact) mass is 521 g/mol. The summed E-state index contributed by atoms with van der Waals surface area (Å²) in [6.45, 7) is 2.15. The number of hydrogen-bond acceptors (Lipinski definition) is 3. The zero-order valence-electron chi connectivity index (χ0n) is 19.9. The highest BCUT2D eigenvalue weighted by molar-refractivity contribution is 6.35. The number of benzene rings is 3. The molecule has 0 bridgehead atoms. The van der Waals surface area contributed by atoms with Gasteiger partial charge in [-0.15, -0.1) is 0 Å². The van der Waals surface area contributed by atoms with Crippen LogP contribution in [0.5, 0.6) is 0 Å². The molecule has 2 amide bonds. The first kappa shape index (κ1) is 24.8. The van der Waals surface area contributed by atoms with Gasteiger partial charge < -0.3 is 15.5 Å². The SMILES string of the molecule is O=C(NCCc1ccccc1)[C@@H]1c2ccccc2C(=O)N(C2CCNCC2)[C@H]1c1ccc(Cl)cc1Cl. The fourth-order valence-electron chi connectivity index (χ4n) is 5.48. The number of nitrogens with zero attached hydrogens (tertiary/aromatic N) is 1. The lowest BCUT2D eigenvalue weighted by Crippen LogP contribution is -2.54. The molecule has 186 valence electrons. The van der Waals surface area contributed by atoms with Crippen LogP contribution in [-0.4, -0.2) is 42.4 Å². The van der Waals surface area contributed by atoms with Crippen molar-refractivity contribution in [3.63, 3.8) is 0 Å². The minimum absolute atomic E-state index is 0.00321. The Kier molecular flexibility index (Phi) is 7.61. The number of nitrogens with one attached hydrogen (secondary N) is 2. The molecule has 0 aromatic heterocycles. The minimum atomic E-state index is -0.594. The molecule has 3 aromatic carbocycles. The van der Waals surface area contributed by atoms with E-state index in [1.54, 1.807) is 12.1 Å². The summed E-state index contributed by atoms with van der Waals surface area (Å²) in [4.78, 5) is 29.8. The predicted molar refractivity (Wildman–Crippen MR) is 144 cm³/mol. The van der Waals surface area contributed by atoms with Crippen molar-refractivity contribution in [1.82, 2.24) is 15.5 Å². The highest BCUT2D eigenvalue weighted by Gasteiger charge is 2.47. The smallest absolute Gasteiger partial charge is 0.254 e. The lowest BCUT2D eigenvalue weighted by Gasteiger charge is -2.47. The standard InChI is InChI=1S/C29H29Cl2N3O2/c30-20-10-11-24(25(31)18-20)27-26(28(35)33-17-12-19-6-2-1-3-7-19)22-8-4-5-9-23(22)29(36)34(27)21-13-15-32-16-14-21/h1-11,18,21,26-27,32H,12-17H2,(H,33,35)/t26-,27+/m1/s1.